The van der Waals surface area contributed by atoms with Crippen LogP contribution in [0.15, 0.2) is 67.1 Å². The van der Waals surface area contributed by atoms with Gasteiger partial charge < -0.3 is 15.6 Å². The number of nitrogens with one attached hydrogen (secondary N) is 4. The molecule has 1 fully saturated rings. The highest BCUT2D eigenvalue weighted by Crippen LogP contribution is 2.34. The number of nitrogens with zero attached hydrogens (tertiary/aromatic N) is 4. The zero-order valence-corrected chi connectivity index (χ0v) is 23.0. The molecule has 4 N–H and O–H groups in total. The molecule has 0 bridgehead atoms. The quantitative estimate of drug-likeness (QED) is 0.198. The number of H-pyrrole nitrogens is 2. The lowest BCUT2D eigenvalue weighted by Gasteiger charge is -2.21. The molecule has 1 aliphatic heterocycles. The first-order valence-corrected chi connectivity index (χ1v) is 14.1. The molecule has 42 heavy (non-hydrogen) atoms. The maximum atomic E-state index is 14.2. The summed E-state index contributed by atoms with van der Waals surface area (Å²) in [6.45, 7) is 3.80. The Morgan fingerprint density at radius 3 is 2.79 bits per heavy atom. The number of aryl methyl sites for hydroxylation is 1. The smallest absolute Gasteiger partial charge is 0.224 e. The predicted octanol–water partition coefficient (Wildman–Crippen LogP) is 6.01. The first-order valence-electron chi connectivity index (χ1n) is 14.1. The fourth-order valence-corrected chi connectivity index (χ4v) is 5.75. The standard InChI is InChI=1S/C32H29FN8O/c1-18-10-20(13-22(33)11-18)24-6-9-36-32-25(24)15-28(39-32)31-30-27(40-41-31)3-2-26(38-30)21-14-23(17-35-16-21)37-29(42)12-19-4-7-34-8-5-19/h2-3,6,9-11,13-17,19,34H,4-5,7-8,12H2,1H3,(H,36,39)(H,37,42)(H,40,41). The Balaban J connectivity index is 1.20. The second-order valence-electron chi connectivity index (χ2n) is 10.9. The third kappa shape index (κ3) is 5.12. The summed E-state index contributed by atoms with van der Waals surface area (Å²) < 4.78 is 14.2. The van der Waals surface area contributed by atoms with Crippen LogP contribution in [0.3, 0.4) is 0 Å². The number of aromatic amines is 2. The van der Waals surface area contributed by atoms with Gasteiger partial charge >= 0.3 is 0 Å². The van der Waals surface area contributed by atoms with Crippen LogP contribution in [0.4, 0.5) is 10.1 Å². The SMILES string of the molecule is Cc1cc(F)cc(-c2ccnc3[nH]c(-c4n[nH]c5ccc(-c6cncc(NC(=O)CC7CCNCC7)c6)nc45)cc23)c1. The third-order valence-electron chi connectivity index (χ3n) is 7.80. The lowest BCUT2D eigenvalue weighted by Crippen LogP contribution is -2.30. The van der Waals surface area contributed by atoms with Crippen molar-refractivity contribution < 1.29 is 9.18 Å². The summed E-state index contributed by atoms with van der Waals surface area (Å²) in [4.78, 5) is 29.8. The molecule has 6 heterocycles. The molecule has 9 nitrogen and oxygen atoms in total. The monoisotopic (exact) mass is 560 g/mol. The number of anilines is 1. The third-order valence-corrected chi connectivity index (χ3v) is 7.80. The van der Waals surface area contributed by atoms with E-state index in [0.717, 1.165) is 64.8 Å². The molecule has 6 aromatic rings. The number of piperidine rings is 1. The van der Waals surface area contributed by atoms with Gasteiger partial charge in [-0.25, -0.2) is 14.4 Å². The molecule has 0 spiro atoms. The highest BCUT2D eigenvalue weighted by Gasteiger charge is 2.18. The van der Waals surface area contributed by atoms with E-state index in [1.807, 2.05) is 43.3 Å². The van der Waals surface area contributed by atoms with Gasteiger partial charge in [0.1, 0.15) is 22.7 Å². The number of amides is 1. The number of pyridine rings is 3. The Bertz CT molecular complexity index is 1920. The molecular weight excluding hydrogens is 531 g/mol. The van der Waals surface area contributed by atoms with Crippen molar-refractivity contribution in [1.82, 2.24) is 35.5 Å². The van der Waals surface area contributed by atoms with Crippen LogP contribution in [0.2, 0.25) is 0 Å². The first kappa shape index (κ1) is 26.0. The van der Waals surface area contributed by atoms with Crippen LogP contribution >= 0.6 is 0 Å². The average molecular weight is 561 g/mol. The van der Waals surface area contributed by atoms with Gasteiger partial charge in [-0.1, -0.05) is 6.07 Å². The van der Waals surface area contributed by atoms with Crippen LogP contribution in [0.1, 0.15) is 24.8 Å². The number of carbonyl (C=O) groups excluding carboxylic acids is 1. The summed E-state index contributed by atoms with van der Waals surface area (Å²) in [5, 5.41) is 14.8. The van der Waals surface area contributed by atoms with Gasteiger partial charge in [-0.05, 0) is 97.9 Å². The molecule has 1 aromatic carbocycles. The van der Waals surface area contributed by atoms with Crippen LogP contribution in [-0.2, 0) is 4.79 Å². The molecule has 0 unspecified atom stereocenters. The van der Waals surface area contributed by atoms with E-state index in [4.69, 9.17) is 4.98 Å². The molecule has 1 saturated heterocycles. The van der Waals surface area contributed by atoms with Crippen LogP contribution in [-0.4, -0.2) is 49.1 Å². The minimum Gasteiger partial charge on any atom is -0.338 e. The van der Waals surface area contributed by atoms with E-state index >= 15 is 0 Å². The Hall–Kier alpha value is -4.96. The maximum absolute atomic E-state index is 14.2. The van der Waals surface area contributed by atoms with Crippen LogP contribution in [0.25, 0.3) is 55.8 Å². The molecule has 210 valence electrons. The summed E-state index contributed by atoms with van der Waals surface area (Å²) in [7, 11) is 0. The Morgan fingerprint density at radius 2 is 1.93 bits per heavy atom. The molecule has 0 aliphatic carbocycles. The van der Waals surface area contributed by atoms with Gasteiger partial charge in [-0.15, -0.1) is 0 Å². The van der Waals surface area contributed by atoms with E-state index < -0.39 is 0 Å². The molecule has 7 rings (SSSR count). The molecule has 10 heteroatoms. The van der Waals surface area contributed by atoms with Crippen LogP contribution in [0, 0.1) is 18.7 Å². The number of rotatable bonds is 6. The second-order valence-corrected chi connectivity index (χ2v) is 10.9. The highest BCUT2D eigenvalue weighted by atomic mass is 19.1. The minimum atomic E-state index is -0.277. The van der Waals surface area contributed by atoms with Crippen molar-refractivity contribution in [2.75, 3.05) is 18.4 Å². The zero-order valence-electron chi connectivity index (χ0n) is 23.0. The van der Waals surface area contributed by atoms with Crippen molar-refractivity contribution in [3.63, 3.8) is 0 Å². The van der Waals surface area contributed by atoms with Crippen LogP contribution < -0.4 is 10.6 Å². The maximum Gasteiger partial charge on any atom is 0.224 e. The number of hydrogen-bond acceptors (Lipinski definition) is 6. The Kier molecular flexibility index (Phi) is 6.67. The van der Waals surface area contributed by atoms with E-state index in [2.05, 4.69) is 35.8 Å². The van der Waals surface area contributed by atoms with Crippen molar-refractivity contribution >= 4 is 33.7 Å². The van der Waals surface area contributed by atoms with Gasteiger partial charge in [-0.3, -0.25) is 14.9 Å². The fraction of sp³-hybridized carbons (Fsp3) is 0.219. The topological polar surface area (TPSA) is 124 Å². The number of hydrogen-bond donors (Lipinski definition) is 4. The van der Waals surface area contributed by atoms with Crippen molar-refractivity contribution in [2.24, 2.45) is 5.92 Å². The zero-order chi connectivity index (χ0) is 28.6. The van der Waals surface area contributed by atoms with Gasteiger partial charge in [0.05, 0.1) is 28.8 Å². The highest BCUT2D eigenvalue weighted by molar-refractivity contribution is 5.99. The van der Waals surface area contributed by atoms with Crippen LogP contribution in [0.5, 0.6) is 0 Å². The molecule has 0 radical (unpaired) electrons. The second kappa shape index (κ2) is 10.8. The minimum absolute atomic E-state index is 0.00146. The van der Waals surface area contributed by atoms with Gasteiger partial charge in [0.2, 0.25) is 5.91 Å². The number of aromatic nitrogens is 6. The lowest BCUT2D eigenvalue weighted by molar-refractivity contribution is -0.117. The van der Waals surface area contributed by atoms with Crippen molar-refractivity contribution in [3.8, 4) is 33.8 Å². The van der Waals surface area contributed by atoms with E-state index in [-0.39, 0.29) is 11.7 Å². The first-order chi connectivity index (χ1) is 20.5. The Morgan fingerprint density at radius 1 is 1.05 bits per heavy atom. The predicted molar refractivity (Wildman–Crippen MR) is 161 cm³/mol. The summed E-state index contributed by atoms with van der Waals surface area (Å²) in [5.74, 6) is 0.127. The van der Waals surface area contributed by atoms with E-state index in [1.165, 1.54) is 12.1 Å². The Labute approximate surface area is 241 Å². The normalized spacial score (nSPS) is 14.0. The molecule has 1 aliphatic rings. The molecular formula is C32H29FN8O. The summed E-state index contributed by atoms with van der Waals surface area (Å²) in [6.07, 6.45) is 7.63. The van der Waals surface area contributed by atoms with Crippen molar-refractivity contribution in [2.45, 2.75) is 26.2 Å². The fourth-order valence-electron chi connectivity index (χ4n) is 5.75. The average Bonchev–Trinajstić information content (AvgIpc) is 3.61. The van der Waals surface area contributed by atoms with E-state index in [1.54, 1.807) is 18.6 Å². The van der Waals surface area contributed by atoms with Gasteiger partial charge in [-0.2, -0.15) is 5.10 Å². The molecule has 5 aromatic heterocycles. The number of fused-ring (bicyclic) bond motifs is 2. The van der Waals surface area contributed by atoms with Gasteiger partial charge in [0.25, 0.3) is 0 Å². The summed E-state index contributed by atoms with van der Waals surface area (Å²) >= 11 is 0. The van der Waals surface area contributed by atoms with Gasteiger partial charge in [0.15, 0.2) is 0 Å². The lowest BCUT2D eigenvalue weighted by atomic mass is 9.94. The summed E-state index contributed by atoms with van der Waals surface area (Å²) in [6, 6.07) is 14.6. The number of carbonyl (C=O) groups is 1. The number of benzene rings is 1. The number of halogens is 1. The molecule has 0 saturated carbocycles. The van der Waals surface area contributed by atoms with Gasteiger partial charge in [0, 0.05) is 29.8 Å². The van der Waals surface area contributed by atoms with Crippen molar-refractivity contribution in [3.05, 3.63) is 78.5 Å². The van der Waals surface area contributed by atoms with E-state index in [9.17, 15) is 9.18 Å². The molecule has 1 amide bonds. The molecule has 0 atom stereocenters. The summed E-state index contributed by atoms with van der Waals surface area (Å²) in [5.41, 5.74) is 8.16. The van der Waals surface area contributed by atoms with E-state index in [0.29, 0.717) is 40.6 Å². The van der Waals surface area contributed by atoms with Crippen molar-refractivity contribution in [1.29, 1.82) is 0 Å². The largest absolute Gasteiger partial charge is 0.338 e.